The minimum Gasteiger partial charge on any atom is -0.427 e. The maximum Gasteiger partial charge on any atom is 0.308 e. The first-order chi connectivity index (χ1) is 15.2. The van der Waals surface area contributed by atoms with Crippen LogP contribution >= 0.6 is 11.8 Å². The highest BCUT2D eigenvalue weighted by Crippen LogP contribution is 2.32. The summed E-state index contributed by atoms with van der Waals surface area (Å²) in [4.78, 5) is 16.1. The number of thioether (sulfide) groups is 1. The third-order valence-corrected chi connectivity index (χ3v) is 8.11. The van der Waals surface area contributed by atoms with Crippen molar-refractivity contribution < 1.29 is 17.9 Å². The second-order valence-electron chi connectivity index (χ2n) is 7.62. The van der Waals surface area contributed by atoms with Crippen LogP contribution in [0.2, 0.25) is 0 Å². The lowest BCUT2D eigenvalue weighted by Gasteiger charge is -2.18. The van der Waals surface area contributed by atoms with Gasteiger partial charge in [-0.2, -0.15) is 4.31 Å². The molecule has 1 heterocycles. The number of nitrogens with zero attached hydrogens (tertiary/aromatic N) is 3. The number of hydrogen-bond donors (Lipinski definition) is 0. The van der Waals surface area contributed by atoms with Crippen LogP contribution in [0.25, 0.3) is 11.0 Å². The summed E-state index contributed by atoms with van der Waals surface area (Å²) >= 11 is 1.59. The molecule has 0 spiro atoms. The minimum absolute atomic E-state index is 0.166. The molecule has 0 saturated carbocycles. The van der Waals surface area contributed by atoms with Crippen LogP contribution in [0.1, 0.15) is 46.2 Å². The lowest BCUT2D eigenvalue weighted by molar-refractivity contribution is -0.131. The number of rotatable bonds is 9. The fourth-order valence-electron chi connectivity index (χ4n) is 3.50. The van der Waals surface area contributed by atoms with Crippen LogP contribution in [0.15, 0.2) is 52.5 Å². The molecule has 0 atom stereocenters. The van der Waals surface area contributed by atoms with Crippen LogP contribution in [-0.2, 0) is 20.6 Å². The lowest BCUT2D eigenvalue weighted by Crippen LogP contribution is -2.30. The Hall–Kier alpha value is -2.36. The predicted octanol–water partition coefficient (Wildman–Crippen LogP) is 4.87. The molecular formula is C23H29N3O4S2. The molecule has 0 radical (unpaired) electrons. The van der Waals surface area contributed by atoms with Gasteiger partial charge in [0.05, 0.1) is 15.9 Å². The summed E-state index contributed by atoms with van der Waals surface area (Å²) in [6, 6.07) is 12.7. The second-order valence-corrected chi connectivity index (χ2v) is 10.5. The van der Waals surface area contributed by atoms with Gasteiger partial charge < -0.3 is 9.30 Å². The molecule has 1 aromatic heterocycles. The van der Waals surface area contributed by atoms with Crippen molar-refractivity contribution in [2.45, 2.75) is 56.5 Å². The Bertz CT molecular complexity index is 1200. The smallest absolute Gasteiger partial charge is 0.308 e. The maximum absolute atomic E-state index is 12.9. The Morgan fingerprint density at radius 2 is 1.78 bits per heavy atom. The number of carbonyl (C=O) groups excluding carboxylic acids is 1. The van der Waals surface area contributed by atoms with Gasteiger partial charge in [-0.05, 0) is 49.7 Å². The number of hydrogen-bond acceptors (Lipinski definition) is 6. The van der Waals surface area contributed by atoms with E-state index in [0.717, 1.165) is 16.2 Å². The van der Waals surface area contributed by atoms with Crippen LogP contribution in [0.5, 0.6) is 5.75 Å². The predicted molar refractivity (Wildman–Crippen MR) is 128 cm³/mol. The maximum atomic E-state index is 12.9. The lowest BCUT2D eigenvalue weighted by atomic mass is 10.2. The van der Waals surface area contributed by atoms with Crippen molar-refractivity contribution >= 4 is 38.8 Å². The summed E-state index contributed by atoms with van der Waals surface area (Å²) in [6.45, 7) is 10.1. The molecule has 0 bridgehead atoms. The summed E-state index contributed by atoms with van der Waals surface area (Å²) in [5.41, 5.74) is 2.64. The van der Waals surface area contributed by atoms with Crippen molar-refractivity contribution in [2.24, 2.45) is 0 Å². The van der Waals surface area contributed by atoms with Crippen LogP contribution < -0.4 is 4.74 Å². The molecule has 32 heavy (non-hydrogen) atoms. The summed E-state index contributed by atoms with van der Waals surface area (Å²) in [6.07, 6.45) is 0. The van der Waals surface area contributed by atoms with Crippen molar-refractivity contribution in [2.75, 3.05) is 13.1 Å². The van der Waals surface area contributed by atoms with Crippen molar-refractivity contribution in [1.82, 2.24) is 13.9 Å². The molecule has 0 unspecified atom stereocenters. The highest BCUT2D eigenvalue weighted by molar-refractivity contribution is 7.98. The van der Waals surface area contributed by atoms with Gasteiger partial charge in [0.1, 0.15) is 5.75 Å². The van der Waals surface area contributed by atoms with Crippen LogP contribution in [-0.4, -0.2) is 41.3 Å². The van der Waals surface area contributed by atoms with Crippen LogP contribution in [0.3, 0.4) is 0 Å². The Kier molecular flexibility index (Phi) is 7.63. The first kappa shape index (κ1) is 24.3. The minimum atomic E-state index is -3.54. The number of carbonyl (C=O) groups is 1. The van der Waals surface area contributed by atoms with Gasteiger partial charge in [-0.15, -0.1) is 0 Å². The molecule has 0 aliphatic carbocycles. The first-order valence-electron chi connectivity index (χ1n) is 10.6. The summed E-state index contributed by atoms with van der Waals surface area (Å²) in [5, 5.41) is 0.830. The van der Waals surface area contributed by atoms with Crippen molar-refractivity contribution in [3.63, 3.8) is 0 Å². The monoisotopic (exact) mass is 475 g/mol. The van der Waals surface area contributed by atoms with Gasteiger partial charge in [-0.25, -0.2) is 13.4 Å². The first-order valence-corrected chi connectivity index (χ1v) is 13.0. The van der Waals surface area contributed by atoms with E-state index in [4.69, 9.17) is 9.72 Å². The highest BCUT2D eigenvalue weighted by atomic mass is 32.2. The van der Waals surface area contributed by atoms with Crippen LogP contribution in [0, 0.1) is 0 Å². The quantitative estimate of drug-likeness (QED) is 0.250. The molecule has 0 N–H and O–H groups in total. The molecule has 0 amide bonds. The average Bonchev–Trinajstić information content (AvgIpc) is 3.11. The number of sulfonamides is 1. The molecular weight excluding hydrogens is 446 g/mol. The van der Waals surface area contributed by atoms with Crippen LogP contribution in [0.4, 0.5) is 0 Å². The summed E-state index contributed by atoms with van der Waals surface area (Å²) < 4.78 is 34.5. The molecule has 0 fully saturated rings. The second kappa shape index (κ2) is 10.1. The number of imidazole rings is 1. The van der Waals surface area contributed by atoms with E-state index < -0.39 is 10.0 Å². The van der Waals surface area contributed by atoms with E-state index >= 15 is 0 Å². The number of benzene rings is 2. The van der Waals surface area contributed by atoms with E-state index in [1.54, 1.807) is 36.0 Å². The molecule has 0 aliphatic heterocycles. The Morgan fingerprint density at radius 3 is 2.34 bits per heavy atom. The SMILES string of the molecule is CCN(CC)S(=O)(=O)c1ccc2c(c1)nc(SCc1ccc(OC(C)=O)cc1)n2C(C)C. The fourth-order valence-corrected chi connectivity index (χ4v) is 6.08. The Morgan fingerprint density at radius 1 is 1.12 bits per heavy atom. The Labute approximate surface area is 193 Å². The largest absolute Gasteiger partial charge is 0.427 e. The molecule has 2 aromatic carbocycles. The number of fused-ring (bicyclic) bond motifs is 1. The van der Waals surface area contributed by atoms with Crippen molar-refractivity contribution in [1.29, 1.82) is 0 Å². The molecule has 7 nitrogen and oxygen atoms in total. The van der Waals surface area contributed by atoms with Gasteiger partial charge in [0.15, 0.2) is 5.16 Å². The normalized spacial score (nSPS) is 12.1. The van der Waals surface area contributed by atoms with Gasteiger partial charge in [-0.3, -0.25) is 4.79 Å². The summed E-state index contributed by atoms with van der Waals surface area (Å²) in [5.74, 6) is 0.851. The number of esters is 1. The van der Waals surface area contributed by atoms with Crippen molar-refractivity contribution in [3.05, 3.63) is 48.0 Å². The topological polar surface area (TPSA) is 81.5 Å². The van der Waals surface area contributed by atoms with Gasteiger partial charge in [0.25, 0.3) is 0 Å². The van der Waals surface area contributed by atoms with E-state index in [0.29, 0.717) is 30.1 Å². The van der Waals surface area contributed by atoms with Gasteiger partial charge >= 0.3 is 5.97 Å². The van der Waals surface area contributed by atoms with E-state index in [1.165, 1.54) is 11.2 Å². The fraction of sp³-hybridized carbons (Fsp3) is 0.391. The number of aromatic nitrogens is 2. The third-order valence-electron chi connectivity index (χ3n) is 5.04. The molecule has 172 valence electrons. The van der Waals surface area contributed by atoms with E-state index in [1.807, 2.05) is 32.0 Å². The zero-order valence-corrected chi connectivity index (χ0v) is 20.7. The Balaban J connectivity index is 1.90. The average molecular weight is 476 g/mol. The molecule has 9 heteroatoms. The van der Waals surface area contributed by atoms with Gasteiger partial charge in [0, 0.05) is 31.8 Å². The summed E-state index contributed by atoms with van der Waals surface area (Å²) in [7, 11) is -3.54. The molecule has 3 rings (SSSR count). The highest BCUT2D eigenvalue weighted by Gasteiger charge is 2.23. The van der Waals surface area contributed by atoms with E-state index in [2.05, 4.69) is 18.4 Å². The molecule has 0 aliphatic rings. The van der Waals surface area contributed by atoms with Gasteiger partial charge in [0.2, 0.25) is 10.0 Å². The zero-order chi connectivity index (χ0) is 23.5. The number of ether oxygens (including phenoxy) is 1. The van der Waals surface area contributed by atoms with Crippen molar-refractivity contribution in [3.8, 4) is 5.75 Å². The van der Waals surface area contributed by atoms with E-state index in [9.17, 15) is 13.2 Å². The standard InChI is InChI=1S/C23H29N3O4S2/c1-6-25(7-2)32(28,29)20-12-13-22-21(14-20)24-23(26(22)16(3)4)31-15-18-8-10-19(11-9-18)30-17(5)27/h8-14,16H,6-7,15H2,1-5H3. The zero-order valence-electron chi connectivity index (χ0n) is 19.0. The van der Waals surface area contributed by atoms with E-state index in [-0.39, 0.29) is 16.9 Å². The third kappa shape index (κ3) is 5.16. The molecule has 0 saturated heterocycles. The van der Waals surface area contributed by atoms with Gasteiger partial charge in [-0.1, -0.05) is 37.7 Å². The molecule has 3 aromatic rings.